The summed E-state index contributed by atoms with van der Waals surface area (Å²) in [6.07, 6.45) is 20.7. The van der Waals surface area contributed by atoms with Gasteiger partial charge in [0.2, 0.25) is 0 Å². The Morgan fingerprint density at radius 2 is 1.69 bits per heavy atom. The Balaban J connectivity index is -0.000000960. The lowest BCUT2D eigenvalue weighted by Gasteiger charge is -2.33. The van der Waals surface area contributed by atoms with E-state index in [1.165, 1.54) is 29.3 Å². The normalized spacial score (nSPS) is 17.3. The van der Waals surface area contributed by atoms with E-state index in [9.17, 15) is 4.79 Å². The van der Waals surface area contributed by atoms with Gasteiger partial charge in [0.25, 0.3) is 0 Å². The summed E-state index contributed by atoms with van der Waals surface area (Å²) in [7, 11) is 5.94. The van der Waals surface area contributed by atoms with Gasteiger partial charge in [0.1, 0.15) is 6.29 Å². The van der Waals surface area contributed by atoms with Crippen molar-refractivity contribution in [3.8, 4) is 0 Å². The molecule has 0 bridgehead atoms. The van der Waals surface area contributed by atoms with Gasteiger partial charge in [-0.3, -0.25) is 0 Å². The summed E-state index contributed by atoms with van der Waals surface area (Å²) in [4.78, 5) is 11.4. The highest BCUT2D eigenvalue weighted by molar-refractivity contribution is 6.08. The third-order valence-corrected chi connectivity index (χ3v) is 8.87. The molecule has 2 radical (unpaired) electrons. The SMILES string of the molecule is C.C/C(=C\CN)CC/C=C(\C)CCCN/C=C\N.C=CC.CC.[B]Cc1ccc(CC2CC(C)CC(C=O)C2)c(C(=C)NC(C)(C)CCOC(C)(C)C)c1. The summed E-state index contributed by atoms with van der Waals surface area (Å²) >= 11 is 0. The van der Waals surface area contributed by atoms with Crippen LogP contribution in [-0.4, -0.2) is 45.0 Å². The van der Waals surface area contributed by atoms with Crippen LogP contribution in [0.15, 0.2) is 73.1 Å². The van der Waals surface area contributed by atoms with E-state index < -0.39 is 0 Å². The van der Waals surface area contributed by atoms with E-state index in [2.05, 4.69) is 110 Å². The maximum atomic E-state index is 11.4. The zero-order chi connectivity index (χ0) is 40.9. The number of carbonyl (C=O) groups is 1. The van der Waals surface area contributed by atoms with Gasteiger partial charge in [-0.25, -0.2) is 0 Å². The summed E-state index contributed by atoms with van der Waals surface area (Å²) in [6, 6.07) is 6.50. The molecule has 1 aromatic carbocycles. The molecule has 2 rings (SSSR count). The maximum absolute atomic E-state index is 11.4. The average Bonchev–Trinajstić information content (AvgIpc) is 3.08. The molecule has 308 valence electrons. The van der Waals surface area contributed by atoms with Crippen LogP contribution in [0.2, 0.25) is 0 Å². The molecule has 1 aromatic rings. The lowest BCUT2D eigenvalue weighted by Crippen LogP contribution is -2.39. The van der Waals surface area contributed by atoms with Gasteiger partial charge < -0.3 is 31.6 Å². The number of nitrogens with one attached hydrogen (secondary N) is 2. The number of allylic oxidation sites excluding steroid dienone is 4. The van der Waals surface area contributed by atoms with Crippen molar-refractivity contribution < 1.29 is 9.53 Å². The molecular weight excluding hydrogens is 663 g/mol. The molecule has 54 heavy (non-hydrogen) atoms. The second-order valence-electron chi connectivity index (χ2n) is 15.9. The minimum Gasteiger partial charge on any atom is -0.403 e. The van der Waals surface area contributed by atoms with Crippen molar-refractivity contribution in [2.45, 2.75) is 159 Å². The Morgan fingerprint density at radius 3 is 2.24 bits per heavy atom. The van der Waals surface area contributed by atoms with Crippen LogP contribution < -0.4 is 22.1 Å². The van der Waals surface area contributed by atoms with E-state index in [1.54, 1.807) is 12.3 Å². The molecule has 1 saturated carbocycles. The fourth-order valence-corrected chi connectivity index (χ4v) is 6.32. The van der Waals surface area contributed by atoms with Crippen LogP contribution in [0, 0.1) is 17.8 Å². The Bertz CT molecular complexity index is 1230. The molecule has 3 atom stereocenters. The minimum absolute atomic E-state index is 0. The van der Waals surface area contributed by atoms with Crippen molar-refractivity contribution in [2.75, 3.05) is 19.7 Å². The molecule has 1 aliphatic rings. The van der Waals surface area contributed by atoms with Gasteiger partial charge in [-0.15, -0.1) is 6.58 Å². The summed E-state index contributed by atoms with van der Waals surface area (Å²) in [5, 5.41) is 6.77. The van der Waals surface area contributed by atoms with Crippen molar-refractivity contribution in [3.63, 3.8) is 0 Å². The van der Waals surface area contributed by atoms with E-state index in [-0.39, 0.29) is 24.5 Å². The number of ether oxygens (including phenoxy) is 1. The molecule has 6 nitrogen and oxygen atoms in total. The molecule has 7 heteroatoms. The Hall–Kier alpha value is -3.03. The number of aldehydes is 1. The first-order valence-corrected chi connectivity index (χ1v) is 20.1. The summed E-state index contributed by atoms with van der Waals surface area (Å²) in [6.45, 7) is 33.2. The van der Waals surface area contributed by atoms with Crippen LogP contribution in [0.1, 0.15) is 152 Å². The highest BCUT2D eigenvalue weighted by Crippen LogP contribution is 2.35. The number of hydrogen-bond acceptors (Lipinski definition) is 6. The van der Waals surface area contributed by atoms with E-state index in [0.717, 1.165) is 81.0 Å². The molecule has 0 saturated heterocycles. The minimum atomic E-state index is -0.139. The van der Waals surface area contributed by atoms with Gasteiger partial charge in [0, 0.05) is 54.8 Å². The third kappa shape index (κ3) is 28.4. The smallest absolute Gasteiger partial charge is 0.123 e. The van der Waals surface area contributed by atoms with Crippen molar-refractivity contribution >= 4 is 19.8 Å². The summed E-state index contributed by atoms with van der Waals surface area (Å²) in [5.41, 5.74) is 17.7. The molecule has 6 N–H and O–H groups in total. The summed E-state index contributed by atoms with van der Waals surface area (Å²) < 4.78 is 5.93. The fraction of sp³-hybridized carbons (Fsp3) is 0.638. The topological polar surface area (TPSA) is 102 Å². The zero-order valence-corrected chi connectivity index (χ0v) is 36.1. The van der Waals surface area contributed by atoms with Crippen LogP contribution in [0.25, 0.3) is 5.70 Å². The van der Waals surface area contributed by atoms with E-state index in [1.807, 2.05) is 20.8 Å². The molecule has 3 unspecified atom stereocenters. The number of hydrogen-bond donors (Lipinski definition) is 4. The van der Waals surface area contributed by atoms with Gasteiger partial charge in [0.15, 0.2) is 0 Å². The molecular formula is C47H85BN4O2. The van der Waals surface area contributed by atoms with Crippen molar-refractivity contribution in [1.29, 1.82) is 0 Å². The first kappa shape index (κ1) is 55.3. The second kappa shape index (κ2) is 32.2. The molecule has 0 aliphatic heterocycles. The van der Waals surface area contributed by atoms with Crippen LogP contribution in [0.3, 0.4) is 0 Å². The van der Waals surface area contributed by atoms with Gasteiger partial charge in [-0.05, 0) is 131 Å². The largest absolute Gasteiger partial charge is 0.403 e. The quantitative estimate of drug-likeness (QED) is 0.0486. The molecule has 0 spiro atoms. The van der Waals surface area contributed by atoms with Crippen molar-refractivity contribution in [3.05, 3.63) is 89.8 Å². The average molecular weight is 749 g/mol. The maximum Gasteiger partial charge on any atom is 0.123 e. The summed E-state index contributed by atoms with van der Waals surface area (Å²) in [5.74, 6) is 1.33. The first-order valence-electron chi connectivity index (χ1n) is 20.1. The third-order valence-electron chi connectivity index (χ3n) is 8.87. The Kier molecular flexibility index (Phi) is 33.0. The number of benzene rings is 1. The zero-order valence-electron chi connectivity index (χ0n) is 36.1. The van der Waals surface area contributed by atoms with Gasteiger partial charge in [-0.1, -0.05) is 94.2 Å². The van der Waals surface area contributed by atoms with Gasteiger partial charge in [-0.2, -0.15) is 0 Å². The standard InChI is InChI=1S/C27H42BNO2.C14H27N3.C3H6.C2H6.CH4/c1-19-12-22(14-23(13-19)18-30)15-24-9-8-21(17-28)16-25(24)20(2)29-27(6,7)10-11-31-26(3,4)5;1-13(7-4-11-17-12-10-16)5-3-6-14(2)8-9-15;1-3-2;1-2;/h8-9,16,18-19,22-23,29H,2,10-15,17H2,1,3-7H3;5,8,10,12,17H,3-4,6-7,9,11,15-16H2,1-2H3;3H,1H2,2H3;1-2H3;1H4/b;12-10-,13-5+,14-8+;;;. The Morgan fingerprint density at radius 1 is 1.06 bits per heavy atom. The number of carbonyl (C=O) groups excluding carboxylic acids is 1. The monoisotopic (exact) mass is 749 g/mol. The fourth-order valence-electron chi connectivity index (χ4n) is 6.32. The molecule has 0 aromatic heterocycles. The Labute approximate surface area is 336 Å². The van der Waals surface area contributed by atoms with E-state index in [4.69, 9.17) is 24.1 Å². The lowest BCUT2D eigenvalue weighted by atomic mass is 9.74. The highest BCUT2D eigenvalue weighted by Gasteiger charge is 2.28. The molecule has 1 aliphatic carbocycles. The number of rotatable bonds is 19. The van der Waals surface area contributed by atoms with Crippen molar-refractivity contribution in [2.24, 2.45) is 29.2 Å². The van der Waals surface area contributed by atoms with Crippen molar-refractivity contribution in [1.82, 2.24) is 10.6 Å². The van der Waals surface area contributed by atoms with Crippen LogP contribution >= 0.6 is 0 Å². The lowest BCUT2D eigenvalue weighted by molar-refractivity contribution is -0.112. The first-order chi connectivity index (χ1) is 25.0. The number of nitrogens with two attached hydrogens (primary N) is 2. The van der Waals surface area contributed by atoms with Crippen LogP contribution in [0.5, 0.6) is 0 Å². The van der Waals surface area contributed by atoms with Crippen LogP contribution in [0.4, 0.5) is 0 Å². The van der Waals surface area contributed by atoms with Gasteiger partial charge >= 0.3 is 0 Å². The second-order valence-corrected chi connectivity index (χ2v) is 15.9. The van der Waals surface area contributed by atoms with Gasteiger partial charge in [0.05, 0.1) is 13.4 Å². The molecule has 0 heterocycles. The predicted molar refractivity (Wildman–Crippen MR) is 243 cm³/mol. The highest BCUT2D eigenvalue weighted by atomic mass is 16.5. The molecule has 1 fully saturated rings. The molecule has 0 amide bonds. The van der Waals surface area contributed by atoms with E-state index >= 15 is 0 Å². The van der Waals surface area contributed by atoms with E-state index in [0.29, 0.717) is 31.3 Å². The predicted octanol–water partition coefficient (Wildman–Crippen LogP) is 11.0. The van der Waals surface area contributed by atoms with Crippen LogP contribution in [-0.2, 0) is 22.3 Å².